The number of rotatable bonds is 3. The Morgan fingerprint density at radius 1 is 1.50 bits per heavy atom. The average Bonchev–Trinajstić information content (AvgIpc) is 3.08. The first kappa shape index (κ1) is 12.2. The maximum Gasteiger partial charge on any atom is 0.0951 e. The molecule has 1 N–H and O–H groups in total. The van der Waals surface area contributed by atoms with E-state index in [9.17, 15) is 0 Å². The van der Waals surface area contributed by atoms with Gasteiger partial charge in [0.2, 0.25) is 0 Å². The smallest absolute Gasteiger partial charge is 0.0951 e. The Labute approximate surface area is 109 Å². The van der Waals surface area contributed by atoms with Gasteiger partial charge in [0.1, 0.15) is 0 Å². The van der Waals surface area contributed by atoms with Crippen LogP contribution in [0.15, 0.2) is 12.5 Å². The zero-order valence-corrected chi connectivity index (χ0v) is 11.4. The molecular weight excluding hydrogens is 226 g/mol. The number of imidazole rings is 1. The van der Waals surface area contributed by atoms with Crippen molar-refractivity contribution in [1.29, 1.82) is 0 Å². The van der Waals surface area contributed by atoms with Crippen LogP contribution < -0.4 is 5.32 Å². The Balaban J connectivity index is 1.83. The van der Waals surface area contributed by atoms with Crippen molar-refractivity contribution in [3.05, 3.63) is 18.2 Å². The Morgan fingerprint density at radius 3 is 3.06 bits per heavy atom. The first-order valence-corrected chi connectivity index (χ1v) is 6.99. The fraction of sp³-hybridized carbons (Fsp3) is 0.786. The van der Waals surface area contributed by atoms with E-state index in [4.69, 9.17) is 4.74 Å². The fourth-order valence-corrected chi connectivity index (χ4v) is 3.48. The molecule has 0 aromatic carbocycles. The minimum absolute atomic E-state index is 0.252. The van der Waals surface area contributed by atoms with Gasteiger partial charge in [-0.05, 0) is 32.2 Å². The molecule has 2 fully saturated rings. The Hall–Kier alpha value is -0.870. The van der Waals surface area contributed by atoms with Crippen LogP contribution in [0, 0.1) is 0 Å². The third-order valence-electron chi connectivity index (χ3n) is 4.74. The topological polar surface area (TPSA) is 39.1 Å². The first-order chi connectivity index (χ1) is 8.73. The fourth-order valence-electron chi connectivity index (χ4n) is 3.48. The SMILES string of the molecule is COC1CCC(n2cncc2C2(C)CCNC2)C1. The lowest BCUT2D eigenvalue weighted by Gasteiger charge is -2.27. The molecule has 0 radical (unpaired) electrons. The number of hydrogen-bond donors (Lipinski definition) is 1. The van der Waals surface area contributed by atoms with Crippen molar-refractivity contribution >= 4 is 0 Å². The van der Waals surface area contributed by atoms with Crippen LogP contribution in [-0.2, 0) is 10.2 Å². The van der Waals surface area contributed by atoms with Gasteiger partial charge in [0.15, 0.2) is 0 Å². The van der Waals surface area contributed by atoms with Gasteiger partial charge in [-0.25, -0.2) is 4.98 Å². The van der Waals surface area contributed by atoms with Crippen LogP contribution in [0.3, 0.4) is 0 Å². The van der Waals surface area contributed by atoms with Crippen LogP contribution in [0.25, 0.3) is 0 Å². The highest BCUT2D eigenvalue weighted by Crippen LogP contribution is 2.37. The Morgan fingerprint density at radius 2 is 2.39 bits per heavy atom. The van der Waals surface area contributed by atoms with Crippen molar-refractivity contribution in [1.82, 2.24) is 14.9 Å². The molecule has 3 rings (SSSR count). The molecule has 1 aromatic heterocycles. The monoisotopic (exact) mass is 249 g/mol. The molecule has 2 aliphatic rings. The molecule has 2 heterocycles. The number of nitrogens with zero attached hydrogens (tertiary/aromatic N) is 2. The van der Waals surface area contributed by atoms with Gasteiger partial charge < -0.3 is 14.6 Å². The van der Waals surface area contributed by atoms with Gasteiger partial charge in [0.25, 0.3) is 0 Å². The molecule has 1 saturated carbocycles. The summed E-state index contributed by atoms with van der Waals surface area (Å²) in [5, 5.41) is 3.47. The maximum atomic E-state index is 5.48. The number of methoxy groups -OCH3 is 1. The third-order valence-corrected chi connectivity index (χ3v) is 4.74. The van der Waals surface area contributed by atoms with E-state index in [0.717, 1.165) is 19.5 Å². The van der Waals surface area contributed by atoms with Gasteiger partial charge in [0.05, 0.1) is 12.4 Å². The van der Waals surface area contributed by atoms with Crippen LogP contribution in [0.5, 0.6) is 0 Å². The van der Waals surface area contributed by atoms with Crippen LogP contribution in [-0.4, -0.2) is 35.9 Å². The van der Waals surface area contributed by atoms with Crippen LogP contribution in [0.4, 0.5) is 0 Å². The van der Waals surface area contributed by atoms with Crippen LogP contribution in [0.2, 0.25) is 0 Å². The van der Waals surface area contributed by atoms with E-state index in [0.29, 0.717) is 12.1 Å². The summed E-state index contributed by atoms with van der Waals surface area (Å²) in [5.41, 5.74) is 1.65. The number of hydrogen-bond acceptors (Lipinski definition) is 3. The van der Waals surface area contributed by atoms with Crippen molar-refractivity contribution in [2.45, 2.75) is 50.2 Å². The molecular formula is C14H23N3O. The normalized spacial score (nSPS) is 36.3. The van der Waals surface area contributed by atoms with Crippen LogP contribution in [0.1, 0.15) is 44.3 Å². The van der Waals surface area contributed by atoms with E-state index >= 15 is 0 Å². The molecule has 1 saturated heterocycles. The lowest BCUT2D eigenvalue weighted by molar-refractivity contribution is 0.105. The van der Waals surface area contributed by atoms with E-state index in [1.165, 1.54) is 25.0 Å². The molecule has 0 bridgehead atoms. The van der Waals surface area contributed by atoms with Crippen molar-refractivity contribution in [3.8, 4) is 0 Å². The highest BCUT2D eigenvalue weighted by molar-refractivity contribution is 5.18. The van der Waals surface area contributed by atoms with Gasteiger partial charge in [-0.2, -0.15) is 0 Å². The lowest BCUT2D eigenvalue weighted by Crippen LogP contribution is -2.29. The van der Waals surface area contributed by atoms with Gasteiger partial charge in [-0.3, -0.25) is 0 Å². The number of nitrogens with one attached hydrogen (secondary N) is 1. The second-order valence-electron chi connectivity index (χ2n) is 6.00. The molecule has 1 aliphatic heterocycles. The summed E-state index contributed by atoms with van der Waals surface area (Å²) in [6.45, 7) is 4.54. The first-order valence-electron chi connectivity index (χ1n) is 6.99. The molecule has 1 aliphatic carbocycles. The van der Waals surface area contributed by atoms with Gasteiger partial charge in [-0.15, -0.1) is 0 Å². The predicted molar refractivity (Wildman–Crippen MR) is 70.8 cm³/mol. The summed E-state index contributed by atoms with van der Waals surface area (Å²) in [7, 11) is 1.82. The van der Waals surface area contributed by atoms with E-state index in [1.807, 2.05) is 13.4 Å². The third kappa shape index (κ3) is 1.97. The van der Waals surface area contributed by atoms with E-state index in [2.05, 4.69) is 28.0 Å². The second-order valence-corrected chi connectivity index (χ2v) is 6.00. The highest BCUT2D eigenvalue weighted by Gasteiger charge is 2.36. The molecule has 0 amide bonds. The minimum atomic E-state index is 0.252. The number of ether oxygens (including phenoxy) is 1. The average molecular weight is 249 g/mol. The summed E-state index contributed by atoms with van der Waals surface area (Å²) in [4.78, 5) is 4.40. The molecule has 18 heavy (non-hydrogen) atoms. The summed E-state index contributed by atoms with van der Waals surface area (Å²) in [6, 6.07) is 0.574. The predicted octanol–water partition coefficient (Wildman–Crippen LogP) is 1.87. The Bertz CT molecular complexity index is 409. The molecule has 4 nitrogen and oxygen atoms in total. The standard InChI is InChI=1S/C14H23N3O/c1-14(5-6-15-9-14)13-8-16-10-17(13)11-3-4-12(7-11)18-2/h8,10-12,15H,3-7,9H2,1-2H3. The summed E-state index contributed by atoms with van der Waals surface area (Å²) >= 11 is 0. The maximum absolute atomic E-state index is 5.48. The zero-order chi connectivity index (χ0) is 12.6. The van der Waals surface area contributed by atoms with Crippen molar-refractivity contribution in [2.24, 2.45) is 0 Å². The molecule has 0 spiro atoms. The van der Waals surface area contributed by atoms with Gasteiger partial charge in [-0.1, -0.05) is 6.92 Å². The van der Waals surface area contributed by atoms with Gasteiger partial charge in [0, 0.05) is 37.0 Å². The van der Waals surface area contributed by atoms with E-state index in [-0.39, 0.29) is 5.41 Å². The molecule has 3 unspecified atom stereocenters. The summed E-state index contributed by atoms with van der Waals surface area (Å²) < 4.78 is 7.89. The minimum Gasteiger partial charge on any atom is -0.381 e. The second kappa shape index (κ2) is 4.67. The quantitative estimate of drug-likeness (QED) is 0.889. The van der Waals surface area contributed by atoms with Crippen LogP contribution >= 0.6 is 0 Å². The molecule has 1 aromatic rings. The van der Waals surface area contributed by atoms with E-state index < -0.39 is 0 Å². The molecule has 3 atom stereocenters. The number of aromatic nitrogens is 2. The summed E-state index contributed by atoms with van der Waals surface area (Å²) in [6.07, 6.45) is 9.23. The summed E-state index contributed by atoms with van der Waals surface area (Å²) in [5.74, 6) is 0. The zero-order valence-electron chi connectivity index (χ0n) is 11.4. The van der Waals surface area contributed by atoms with E-state index in [1.54, 1.807) is 0 Å². The highest BCUT2D eigenvalue weighted by atomic mass is 16.5. The Kier molecular flexibility index (Phi) is 3.16. The van der Waals surface area contributed by atoms with Crippen molar-refractivity contribution in [3.63, 3.8) is 0 Å². The molecule has 100 valence electrons. The lowest BCUT2D eigenvalue weighted by atomic mass is 9.86. The van der Waals surface area contributed by atoms with Gasteiger partial charge >= 0.3 is 0 Å². The van der Waals surface area contributed by atoms with Crippen molar-refractivity contribution < 1.29 is 4.74 Å². The van der Waals surface area contributed by atoms with Crippen molar-refractivity contribution in [2.75, 3.05) is 20.2 Å². The molecule has 4 heteroatoms. The largest absolute Gasteiger partial charge is 0.381 e.